The zero-order valence-electron chi connectivity index (χ0n) is 17.4. The molecule has 3 aromatic carbocycles. The predicted octanol–water partition coefficient (Wildman–Crippen LogP) is 4.42. The van der Waals surface area contributed by atoms with Crippen molar-refractivity contribution in [3.63, 3.8) is 0 Å². The minimum atomic E-state index is -1.44. The van der Waals surface area contributed by atoms with E-state index >= 15 is 0 Å². The number of ether oxygens (including phenoxy) is 1. The molecule has 158 valence electrons. The van der Waals surface area contributed by atoms with Crippen molar-refractivity contribution in [2.45, 2.75) is 26.5 Å². The van der Waals surface area contributed by atoms with Gasteiger partial charge in [0.1, 0.15) is 6.61 Å². The van der Waals surface area contributed by atoms with E-state index < -0.39 is 23.8 Å². The Hall–Kier alpha value is -3.93. The fraction of sp³-hybridized carbons (Fsp3) is 0.160. The highest BCUT2D eigenvalue weighted by atomic mass is 16.5. The number of amides is 2. The highest BCUT2D eigenvalue weighted by molar-refractivity contribution is 6.18. The maximum absolute atomic E-state index is 13.0. The van der Waals surface area contributed by atoms with Crippen LogP contribution in [-0.4, -0.2) is 23.8 Å². The molecule has 0 fully saturated rings. The lowest BCUT2D eigenvalue weighted by molar-refractivity contribution is -0.117. The molecule has 0 aliphatic heterocycles. The largest absolute Gasteiger partial charge is 0.445 e. The lowest BCUT2D eigenvalue weighted by atomic mass is 10.0. The summed E-state index contributed by atoms with van der Waals surface area (Å²) in [6.45, 7) is 3.85. The van der Waals surface area contributed by atoms with Gasteiger partial charge < -0.3 is 15.4 Å². The number of Topliss-reactive ketones (excluding diaryl/α,β-unsaturated/α-hetero) is 1. The van der Waals surface area contributed by atoms with Crippen LogP contribution in [0.4, 0.5) is 10.5 Å². The second-order valence-electron chi connectivity index (χ2n) is 7.23. The van der Waals surface area contributed by atoms with Gasteiger partial charge in [-0.1, -0.05) is 66.7 Å². The molecule has 0 aliphatic rings. The quantitative estimate of drug-likeness (QED) is 0.441. The minimum absolute atomic E-state index is 0.0254. The van der Waals surface area contributed by atoms with Crippen LogP contribution in [0.25, 0.3) is 0 Å². The van der Waals surface area contributed by atoms with Gasteiger partial charge in [-0.25, -0.2) is 4.79 Å². The van der Waals surface area contributed by atoms with Crippen molar-refractivity contribution in [1.82, 2.24) is 5.32 Å². The number of alkyl carbamates (subject to hydrolysis) is 1. The van der Waals surface area contributed by atoms with Crippen LogP contribution in [0.5, 0.6) is 0 Å². The van der Waals surface area contributed by atoms with Crippen LogP contribution in [0.1, 0.15) is 27.0 Å². The Labute approximate surface area is 181 Å². The van der Waals surface area contributed by atoms with E-state index in [0.29, 0.717) is 11.3 Å². The first-order valence-electron chi connectivity index (χ1n) is 9.88. The van der Waals surface area contributed by atoms with E-state index in [4.69, 9.17) is 4.74 Å². The number of rotatable bonds is 7. The maximum atomic E-state index is 13.0. The summed E-state index contributed by atoms with van der Waals surface area (Å²) in [5, 5.41) is 5.14. The van der Waals surface area contributed by atoms with Crippen molar-refractivity contribution in [1.29, 1.82) is 0 Å². The smallest absolute Gasteiger partial charge is 0.408 e. The Kier molecular flexibility index (Phi) is 7.17. The first-order chi connectivity index (χ1) is 14.9. The lowest BCUT2D eigenvalue weighted by Gasteiger charge is -2.18. The molecule has 0 bridgehead atoms. The molecule has 3 rings (SSSR count). The second kappa shape index (κ2) is 10.2. The van der Waals surface area contributed by atoms with E-state index in [1.165, 1.54) is 0 Å². The van der Waals surface area contributed by atoms with E-state index in [1.807, 2.05) is 50.2 Å². The molecule has 0 heterocycles. The molecule has 6 heteroatoms. The molecular weight excluding hydrogens is 392 g/mol. The van der Waals surface area contributed by atoms with Gasteiger partial charge in [0.25, 0.3) is 5.91 Å². The van der Waals surface area contributed by atoms with Crippen molar-refractivity contribution >= 4 is 23.5 Å². The molecule has 31 heavy (non-hydrogen) atoms. The van der Waals surface area contributed by atoms with E-state index in [0.717, 1.165) is 16.7 Å². The molecule has 0 radical (unpaired) electrons. The normalized spacial score (nSPS) is 11.3. The molecule has 0 saturated carbocycles. The fourth-order valence-corrected chi connectivity index (χ4v) is 3.16. The third-order valence-corrected chi connectivity index (χ3v) is 4.55. The molecule has 1 unspecified atom stereocenters. The third kappa shape index (κ3) is 6.27. The van der Waals surface area contributed by atoms with Gasteiger partial charge in [-0.3, -0.25) is 9.59 Å². The third-order valence-electron chi connectivity index (χ3n) is 4.55. The number of nitrogens with one attached hydrogen (secondary N) is 2. The van der Waals surface area contributed by atoms with Crippen molar-refractivity contribution in [3.8, 4) is 0 Å². The molecule has 1 atom stereocenters. The van der Waals surface area contributed by atoms with Gasteiger partial charge >= 0.3 is 6.09 Å². The van der Waals surface area contributed by atoms with Crippen molar-refractivity contribution in [2.75, 3.05) is 5.32 Å². The zero-order valence-corrected chi connectivity index (χ0v) is 17.4. The van der Waals surface area contributed by atoms with Gasteiger partial charge in [0.15, 0.2) is 11.8 Å². The minimum Gasteiger partial charge on any atom is -0.445 e. The summed E-state index contributed by atoms with van der Waals surface area (Å²) < 4.78 is 5.20. The molecule has 3 aromatic rings. The monoisotopic (exact) mass is 416 g/mol. The molecule has 6 nitrogen and oxygen atoms in total. The molecule has 0 aromatic heterocycles. The van der Waals surface area contributed by atoms with Gasteiger partial charge in [-0.05, 0) is 42.7 Å². The average molecular weight is 416 g/mol. The maximum Gasteiger partial charge on any atom is 0.408 e. The summed E-state index contributed by atoms with van der Waals surface area (Å²) in [5.41, 5.74) is 3.59. The Morgan fingerprint density at radius 1 is 0.839 bits per heavy atom. The molecule has 0 aliphatic carbocycles. The van der Waals surface area contributed by atoms with E-state index in [2.05, 4.69) is 10.6 Å². The Bertz CT molecular complexity index is 1050. The summed E-state index contributed by atoms with van der Waals surface area (Å²) in [4.78, 5) is 38.3. The molecule has 2 amide bonds. The van der Waals surface area contributed by atoms with Crippen molar-refractivity contribution < 1.29 is 19.1 Å². The number of aryl methyl sites for hydroxylation is 2. The van der Waals surface area contributed by atoms with E-state index in [1.54, 1.807) is 42.5 Å². The number of anilines is 1. The average Bonchev–Trinajstić information content (AvgIpc) is 2.76. The molecule has 0 spiro atoms. The van der Waals surface area contributed by atoms with Crippen molar-refractivity contribution in [2.24, 2.45) is 0 Å². The summed E-state index contributed by atoms with van der Waals surface area (Å²) >= 11 is 0. The number of benzene rings is 3. The Morgan fingerprint density at radius 3 is 2.03 bits per heavy atom. The number of hydrogen-bond donors (Lipinski definition) is 2. The fourth-order valence-electron chi connectivity index (χ4n) is 3.16. The van der Waals surface area contributed by atoms with Crippen LogP contribution >= 0.6 is 0 Å². The first-order valence-corrected chi connectivity index (χ1v) is 9.88. The Morgan fingerprint density at radius 2 is 1.42 bits per heavy atom. The van der Waals surface area contributed by atoms with Crippen molar-refractivity contribution in [3.05, 3.63) is 101 Å². The van der Waals surface area contributed by atoms with Crippen LogP contribution in [0.15, 0.2) is 78.9 Å². The van der Waals surface area contributed by atoms with Gasteiger partial charge in [0.05, 0.1) is 0 Å². The number of hydrogen-bond acceptors (Lipinski definition) is 4. The molecule has 2 N–H and O–H groups in total. The Balaban J connectivity index is 1.76. The SMILES string of the molecule is Cc1cc(C)cc(NC(=O)C(NC(=O)OCc2ccccc2)C(=O)c2ccccc2)c1. The van der Waals surface area contributed by atoms with Crippen LogP contribution in [0, 0.1) is 13.8 Å². The topological polar surface area (TPSA) is 84.5 Å². The number of carbonyl (C=O) groups excluding carboxylic acids is 3. The number of carbonyl (C=O) groups is 3. The predicted molar refractivity (Wildman–Crippen MR) is 119 cm³/mol. The lowest BCUT2D eigenvalue weighted by Crippen LogP contribution is -2.49. The summed E-state index contributed by atoms with van der Waals surface area (Å²) in [5.74, 6) is -1.17. The van der Waals surface area contributed by atoms with Crippen LogP contribution in [0.2, 0.25) is 0 Å². The van der Waals surface area contributed by atoms with Crippen LogP contribution in [-0.2, 0) is 16.1 Å². The van der Waals surface area contributed by atoms with Gasteiger partial charge in [0, 0.05) is 11.3 Å². The van der Waals surface area contributed by atoms with Crippen LogP contribution < -0.4 is 10.6 Å². The first kappa shape index (κ1) is 21.8. The van der Waals surface area contributed by atoms with E-state index in [-0.39, 0.29) is 6.61 Å². The highest BCUT2D eigenvalue weighted by Gasteiger charge is 2.30. The standard InChI is InChI=1S/C25H24N2O4/c1-17-13-18(2)15-21(14-17)26-24(29)22(23(28)20-11-7-4-8-12-20)27-25(30)31-16-19-9-5-3-6-10-19/h3-15,22H,16H2,1-2H3,(H,26,29)(H,27,30). The van der Waals surface area contributed by atoms with Crippen LogP contribution in [0.3, 0.4) is 0 Å². The summed E-state index contributed by atoms with van der Waals surface area (Å²) in [6, 6.07) is 21.6. The second-order valence-corrected chi connectivity index (χ2v) is 7.23. The summed E-state index contributed by atoms with van der Waals surface area (Å²) in [7, 11) is 0. The summed E-state index contributed by atoms with van der Waals surface area (Å²) in [6.07, 6.45) is -0.853. The van der Waals surface area contributed by atoms with E-state index in [9.17, 15) is 14.4 Å². The van der Waals surface area contributed by atoms with Gasteiger partial charge in [-0.2, -0.15) is 0 Å². The molecule has 0 saturated heterocycles. The van der Waals surface area contributed by atoms with Gasteiger partial charge in [0.2, 0.25) is 0 Å². The zero-order chi connectivity index (χ0) is 22.2. The molecular formula is C25H24N2O4. The highest BCUT2D eigenvalue weighted by Crippen LogP contribution is 2.15. The number of ketones is 1. The van der Waals surface area contributed by atoms with Gasteiger partial charge in [-0.15, -0.1) is 0 Å².